The van der Waals surface area contributed by atoms with Gasteiger partial charge in [-0.2, -0.15) is 5.10 Å². The lowest BCUT2D eigenvalue weighted by Gasteiger charge is -2.33. The van der Waals surface area contributed by atoms with Crippen LogP contribution in [0.15, 0.2) is 54.7 Å². The van der Waals surface area contributed by atoms with Gasteiger partial charge in [0.05, 0.1) is 30.1 Å². The summed E-state index contributed by atoms with van der Waals surface area (Å²) >= 11 is 0. The van der Waals surface area contributed by atoms with Crippen LogP contribution in [0.1, 0.15) is 41.0 Å². The van der Waals surface area contributed by atoms with E-state index in [0.717, 1.165) is 31.0 Å². The number of H-pyrrole nitrogens is 1. The average molecular weight is 402 g/mol. The molecule has 2 N–H and O–H groups in total. The Kier molecular flexibility index (Phi) is 4.83. The molecule has 3 heterocycles. The third kappa shape index (κ3) is 3.19. The minimum Gasteiger partial charge on any atom is -0.493 e. The van der Waals surface area contributed by atoms with Crippen LogP contribution in [0.25, 0.3) is 10.9 Å². The first-order valence-corrected chi connectivity index (χ1v) is 10.8. The molecule has 0 fully saturated rings. The summed E-state index contributed by atoms with van der Waals surface area (Å²) in [5, 5.41) is 5.92. The first-order chi connectivity index (χ1) is 14.7. The number of nitrogens with one attached hydrogen (secondary N) is 2. The van der Waals surface area contributed by atoms with Gasteiger partial charge in [-0.1, -0.05) is 30.3 Å². The van der Waals surface area contributed by atoms with Gasteiger partial charge in [0.15, 0.2) is 6.04 Å². The number of ether oxygens (including phenoxy) is 1. The molecule has 5 nitrogen and oxygen atoms in total. The van der Waals surface area contributed by atoms with Gasteiger partial charge in [-0.15, -0.1) is 0 Å². The van der Waals surface area contributed by atoms with Gasteiger partial charge >= 0.3 is 0 Å². The molecule has 5 rings (SSSR count). The fourth-order valence-electron chi connectivity index (χ4n) is 5.01. The molecule has 2 aromatic heterocycles. The third-order valence-corrected chi connectivity index (χ3v) is 6.30. The van der Waals surface area contributed by atoms with Crippen molar-refractivity contribution in [3.05, 3.63) is 82.8 Å². The maximum absolute atomic E-state index is 6.06. The first kappa shape index (κ1) is 18.9. The maximum atomic E-state index is 6.06. The van der Waals surface area contributed by atoms with E-state index >= 15 is 0 Å². The lowest BCUT2D eigenvalue weighted by Crippen LogP contribution is -3.12. The Morgan fingerprint density at radius 1 is 1.17 bits per heavy atom. The van der Waals surface area contributed by atoms with Crippen LogP contribution in [0, 0.1) is 6.92 Å². The minimum atomic E-state index is 0.198. The van der Waals surface area contributed by atoms with Gasteiger partial charge in [0.2, 0.25) is 0 Å². The second kappa shape index (κ2) is 7.65. The summed E-state index contributed by atoms with van der Waals surface area (Å²) in [6, 6.07) is 17.4. The summed E-state index contributed by atoms with van der Waals surface area (Å²) in [6.45, 7) is 6.85. The molecule has 1 aliphatic rings. The van der Waals surface area contributed by atoms with E-state index in [2.05, 4.69) is 78.7 Å². The molecule has 4 aromatic rings. The van der Waals surface area contributed by atoms with Gasteiger partial charge in [-0.3, -0.25) is 4.68 Å². The summed E-state index contributed by atoms with van der Waals surface area (Å²) in [7, 11) is 2.00. The summed E-state index contributed by atoms with van der Waals surface area (Å²) in [4.78, 5) is 5.30. The molecule has 0 saturated heterocycles. The number of para-hydroxylation sites is 2. The number of benzene rings is 2. The Labute approximate surface area is 177 Å². The van der Waals surface area contributed by atoms with Crippen molar-refractivity contribution in [3.63, 3.8) is 0 Å². The van der Waals surface area contributed by atoms with Crippen molar-refractivity contribution in [2.75, 3.05) is 13.2 Å². The van der Waals surface area contributed by atoms with Gasteiger partial charge in [0.1, 0.15) is 12.3 Å². The summed E-state index contributed by atoms with van der Waals surface area (Å²) in [5.41, 5.74) is 7.68. The fraction of sp³-hybridized carbons (Fsp3) is 0.320. The second-order valence-corrected chi connectivity index (χ2v) is 8.22. The van der Waals surface area contributed by atoms with E-state index in [-0.39, 0.29) is 6.04 Å². The van der Waals surface area contributed by atoms with Gasteiger partial charge in [-0.25, -0.2) is 0 Å². The monoisotopic (exact) mass is 401 g/mol. The SMILES string of the molecule is CCOc1ccccc1C1c2[nH]c3ccccc3c2CC[NH+]1Cc1cn(C)nc1C. The van der Waals surface area contributed by atoms with Crippen LogP contribution in [-0.4, -0.2) is 27.9 Å². The number of aryl methyl sites for hydroxylation is 2. The van der Waals surface area contributed by atoms with Crippen molar-refractivity contribution in [3.8, 4) is 5.75 Å². The predicted octanol–water partition coefficient (Wildman–Crippen LogP) is 3.34. The van der Waals surface area contributed by atoms with Crippen LogP contribution in [0.4, 0.5) is 0 Å². The quantitative estimate of drug-likeness (QED) is 0.539. The first-order valence-electron chi connectivity index (χ1n) is 10.8. The zero-order chi connectivity index (χ0) is 20.7. The molecule has 0 radical (unpaired) electrons. The average Bonchev–Trinajstić information content (AvgIpc) is 3.27. The zero-order valence-corrected chi connectivity index (χ0v) is 17.9. The van der Waals surface area contributed by atoms with Gasteiger partial charge in [0.25, 0.3) is 0 Å². The number of aromatic nitrogens is 3. The highest BCUT2D eigenvalue weighted by molar-refractivity contribution is 5.85. The number of rotatable bonds is 5. The van der Waals surface area contributed by atoms with Crippen LogP contribution < -0.4 is 9.64 Å². The van der Waals surface area contributed by atoms with Crippen molar-refractivity contribution in [2.45, 2.75) is 32.9 Å². The number of nitrogens with zero attached hydrogens (tertiary/aromatic N) is 2. The Bertz CT molecular complexity index is 1190. The van der Waals surface area contributed by atoms with E-state index in [1.807, 2.05) is 11.7 Å². The van der Waals surface area contributed by atoms with E-state index < -0.39 is 0 Å². The Morgan fingerprint density at radius 3 is 2.77 bits per heavy atom. The second-order valence-electron chi connectivity index (χ2n) is 8.22. The number of fused-ring (bicyclic) bond motifs is 3. The number of hydrogen-bond donors (Lipinski definition) is 2. The molecule has 1 aliphatic heterocycles. The molecule has 30 heavy (non-hydrogen) atoms. The maximum Gasteiger partial charge on any atom is 0.158 e. The lowest BCUT2D eigenvalue weighted by atomic mass is 9.91. The molecule has 0 amide bonds. The normalized spacial score (nSPS) is 18.5. The highest BCUT2D eigenvalue weighted by atomic mass is 16.5. The van der Waals surface area contributed by atoms with Crippen molar-refractivity contribution in [1.82, 2.24) is 14.8 Å². The Balaban J connectivity index is 1.65. The van der Waals surface area contributed by atoms with E-state index in [9.17, 15) is 0 Å². The summed E-state index contributed by atoms with van der Waals surface area (Å²) in [6.07, 6.45) is 3.23. The lowest BCUT2D eigenvalue weighted by molar-refractivity contribution is -0.941. The number of aromatic amines is 1. The van der Waals surface area contributed by atoms with Crippen LogP contribution in [0.5, 0.6) is 5.75 Å². The molecule has 154 valence electrons. The number of hydrogen-bond acceptors (Lipinski definition) is 2. The highest BCUT2D eigenvalue weighted by Gasteiger charge is 2.37. The van der Waals surface area contributed by atoms with Crippen molar-refractivity contribution in [2.24, 2.45) is 7.05 Å². The molecular weight excluding hydrogens is 372 g/mol. The van der Waals surface area contributed by atoms with Gasteiger partial charge in [0, 0.05) is 36.1 Å². The molecule has 0 aliphatic carbocycles. The van der Waals surface area contributed by atoms with Crippen molar-refractivity contribution >= 4 is 10.9 Å². The number of quaternary nitrogens is 1. The van der Waals surface area contributed by atoms with Crippen molar-refractivity contribution in [1.29, 1.82) is 0 Å². The summed E-state index contributed by atoms with van der Waals surface area (Å²) < 4.78 is 7.98. The van der Waals surface area contributed by atoms with Crippen molar-refractivity contribution < 1.29 is 9.64 Å². The molecule has 0 spiro atoms. The smallest absolute Gasteiger partial charge is 0.158 e. The standard InChI is InChI=1S/C25H28N4O/c1-4-30-23-12-8-6-10-21(23)25-24-20(19-9-5-7-11-22(19)26-24)13-14-29(25)16-18-15-28(3)27-17(18)2/h5-12,15,25-26H,4,13-14,16H2,1-3H3/p+1. The largest absolute Gasteiger partial charge is 0.493 e. The predicted molar refractivity (Wildman–Crippen MR) is 119 cm³/mol. The topological polar surface area (TPSA) is 47.3 Å². The molecule has 2 atom stereocenters. The third-order valence-electron chi connectivity index (χ3n) is 6.30. The molecule has 0 bridgehead atoms. The van der Waals surface area contributed by atoms with Gasteiger partial charge < -0.3 is 14.6 Å². The van der Waals surface area contributed by atoms with Crippen LogP contribution in [0.3, 0.4) is 0 Å². The fourth-order valence-corrected chi connectivity index (χ4v) is 5.01. The molecule has 2 unspecified atom stereocenters. The van der Waals surface area contributed by atoms with E-state index in [1.54, 1.807) is 0 Å². The van der Waals surface area contributed by atoms with Crippen LogP contribution >= 0.6 is 0 Å². The molecule has 5 heteroatoms. The molecular formula is C25H29N4O+. The van der Waals surface area contributed by atoms with Crippen LogP contribution in [0.2, 0.25) is 0 Å². The van der Waals surface area contributed by atoms with Gasteiger partial charge in [-0.05, 0) is 37.6 Å². The van der Waals surface area contributed by atoms with E-state index in [4.69, 9.17) is 4.74 Å². The highest BCUT2D eigenvalue weighted by Crippen LogP contribution is 2.35. The Hall–Kier alpha value is -3.05. The van der Waals surface area contributed by atoms with Crippen LogP contribution in [-0.2, 0) is 20.0 Å². The molecule has 0 saturated carbocycles. The molecule has 2 aromatic carbocycles. The minimum absolute atomic E-state index is 0.198. The summed E-state index contributed by atoms with van der Waals surface area (Å²) in [5.74, 6) is 0.983. The zero-order valence-electron chi connectivity index (χ0n) is 17.9. The van der Waals surface area contributed by atoms with E-state index in [0.29, 0.717) is 6.61 Å². The Morgan fingerprint density at radius 2 is 1.97 bits per heavy atom. The van der Waals surface area contributed by atoms with E-state index in [1.165, 1.54) is 38.2 Å².